The van der Waals surface area contributed by atoms with Crippen molar-refractivity contribution in [2.45, 2.75) is 24.5 Å². The molecule has 0 aliphatic rings. The largest absolute Gasteiger partial charge is 0.505 e. The first-order chi connectivity index (χ1) is 30.7. The Kier molecular flexibility index (Phi) is 14.9. The van der Waals surface area contributed by atoms with E-state index in [4.69, 9.17) is 13.8 Å². The van der Waals surface area contributed by atoms with Crippen LogP contribution in [-0.2, 0) is 79.2 Å². The van der Waals surface area contributed by atoms with Crippen molar-refractivity contribution in [3.05, 3.63) is 60.7 Å². The van der Waals surface area contributed by atoms with Crippen molar-refractivity contribution in [2.75, 3.05) is 44.2 Å². The second-order valence-electron chi connectivity index (χ2n) is 13.1. The molecule has 0 saturated heterocycles. The Labute approximate surface area is 379 Å². The minimum Gasteiger partial charge on any atom is -0.505 e. The number of nitrogens with zero attached hydrogens (tertiary/aromatic N) is 4. The van der Waals surface area contributed by atoms with Crippen LogP contribution in [0.5, 0.6) is 11.5 Å². The SMILES string of the molecule is CNc1ccc2c(OC)c(/N=N/c3ccc4cc(S(=O)(=O)O)cc(S(=O)(=O)CCOS(=O)(=O)O)c4c3O)c(S(=O)(=O)O)cc2c1/N=N/c1ccc(S(=O)(=O)CCOS(=O)(=O)O)cc1S(=O)(=O)O. The predicted molar refractivity (Wildman–Crippen MR) is 229 cm³/mol. The van der Waals surface area contributed by atoms with Gasteiger partial charge in [-0.3, -0.25) is 22.8 Å². The summed E-state index contributed by atoms with van der Waals surface area (Å²) in [6, 6.07) is 8.54. The molecule has 28 nitrogen and oxygen atoms in total. The van der Waals surface area contributed by atoms with Crippen molar-refractivity contribution in [3.63, 3.8) is 0 Å². The van der Waals surface area contributed by atoms with Crippen LogP contribution in [0.25, 0.3) is 21.5 Å². The van der Waals surface area contributed by atoms with Gasteiger partial charge in [0.15, 0.2) is 31.2 Å². The maximum atomic E-state index is 13.4. The highest BCUT2D eigenvalue weighted by atomic mass is 32.3. The molecule has 0 atom stereocenters. The van der Waals surface area contributed by atoms with Crippen molar-refractivity contribution in [1.29, 1.82) is 0 Å². The van der Waals surface area contributed by atoms with Crippen molar-refractivity contribution in [2.24, 2.45) is 20.5 Å². The van der Waals surface area contributed by atoms with Crippen LogP contribution in [0.3, 0.4) is 0 Å². The summed E-state index contributed by atoms with van der Waals surface area (Å²) in [7, 11) is -33.0. The Bertz CT molecular complexity index is 3730. The quantitative estimate of drug-likeness (QED) is 0.0459. The maximum absolute atomic E-state index is 13.4. The number of fused-ring (bicyclic) bond motifs is 2. The summed E-state index contributed by atoms with van der Waals surface area (Å²) in [5.41, 5.74) is -2.41. The summed E-state index contributed by atoms with van der Waals surface area (Å²) in [6.45, 7) is -2.29. The first kappa shape index (κ1) is 52.6. The van der Waals surface area contributed by atoms with Crippen LogP contribution in [-0.4, -0.2) is 126 Å². The van der Waals surface area contributed by atoms with E-state index in [2.05, 4.69) is 34.1 Å². The highest BCUT2D eigenvalue weighted by Crippen LogP contribution is 2.48. The molecule has 0 unspecified atom stereocenters. The number of hydrogen-bond acceptors (Lipinski definition) is 23. The average molecular weight is 1080 g/mol. The molecule has 67 heavy (non-hydrogen) atoms. The van der Waals surface area contributed by atoms with E-state index < -0.39 is 154 Å². The number of methoxy groups -OCH3 is 1. The zero-order valence-corrected chi connectivity index (χ0v) is 39.1. The lowest BCUT2D eigenvalue weighted by Gasteiger charge is -2.15. The molecule has 0 aliphatic carbocycles. The molecule has 0 radical (unpaired) electrons. The number of sulfone groups is 2. The molecule has 7 N–H and O–H groups in total. The van der Waals surface area contributed by atoms with Crippen LogP contribution in [0, 0.1) is 0 Å². The molecule has 5 rings (SSSR count). The molecule has 0 amide bonds. The van der Waals surface area contributed by atoms with E-state index in [1.165, 1.54) is 19.2 Å². The van der Waals surface area contributed by atoms with Crippen LogP contribution in [0.2, 0.25) is 0 Å². The normalized spacial score (nSPS) is 13.5. The van der Waals surface area contributed by atoms with Gasteiger partial charge in [0.25, 0.3) is 30.4 Å². The van der Waals surface area contributed by atoms with E-state index in [0.717, 1.165) is 43.5 Å². The molecule has 35 heteroatoms. The number of anilines is 1. The third-order valence-electron chi connectivity index (χ3n) is 8.83. The number of nitrogens with one attached hydrogen (secondary N) is 1. The standard InChI is InChI=1S/C32H31N5O23S7/c1-33-23-8-5-20-21(29(23)36-34-22-7-4-18(14-25(22)64(46,47)48)61(39,40)11-9-59-66(52,53)54)16-27(65(49,50)51)30(32(20)58-2)37-35-24-6-3-17-13-19(63(43,44)45)15-26(28(17)31(24)38)62(41,42)12-10-60-67(55,56)57/h3-8,13-16,33,38H,9-12H2,1-2H3,(H,43,44,45)(H,46,47,48)(H,49,50,51)(H,52,53,54)(H,55,56,57)/b36-34+,37-35+. The van der Waals surface area contributed by atoms with Crippen molar-refractivity contribution in [1.82, 2.24) is 0 Å². The third kappa shape index (κ3) is 12.4. The van der Waals surface area contributed by atoms with Gasteiger partial charge in [-0.1, -0.05) is 6.07 Å². The molecular formula is C32H31N5O23S7. The molecule has 0 aromatic heterocycles. The van der Waals surface area contributed by atoms with Crippen LogP contribution in [0.15, 0.2) is 106 Å². The van der Waals surface area contributed by atoms with Gasteiger partial charge in [-0.15, -0.1) is 20.5 Å². The lowest BCUT2D eigenvalue weighted by atomic mass is 10.0. The van der Waals surface area contributed by atoms with Gasteiger partial charge >= 0.3 is 20.8 Å². The fourth-order valence-electron chi connectivity index (χ4n) is 5.96. The highest BCUT2D eigenvalue weighted by molar-refractivity contribution is 7.92. The molecular weight excluding hydrogens is 1050 g/mol. The number of rotatable bonds is 19. The van der Waals surface area contributed by atoms with Gasteiger partial charge in [0.2, 0.25) is 0 Å². The van der Waals surface area contributed by atoms with Gasteiger partial charge < -0.3 is 15.2 Å². The number of phenols is 1. The average Bonchev–Trinajstić information content (AvgIpc) is 3.19. The third-order valence-corrected chi connectivity index (χ3v) is 15.7. The molecule has 0 bridgehead atoms. The Morgan fingerprint density at radius 1 is 0.537 bits per heavy atom. The number of aromatic hydroxyl groups is 1. The number of benzene rings is 5. The van der Waals surface area contributed by atoms with E-state index in [0.29, 0.717) is 12.1 Å². The van der Waals surface area contributed by atoms with E-state index >= 15 is 0 Å². The number of phenolic OH excluding ortho intramolecular Hbond substituents is 1. The zero-order chi connectivity index (χ0) is 50.3. The highest BCUT2D eigenvalue weighted by Gasteiger charge is 2.29. The number of ether oxygens (including phenoxy) is 1. The fraction of sp³-hybridized carbons (Fsp3) is 0.188. The van der Waals surface area contributed by atoms with E-state index in [9.17, 15) is 77.7 Å². The molecule has 0 saturated carbocycles. The Balaban J connectivity index is 1.69. The second-order valence-corrected chi connectivity index (χ2v) is 23.7. The second kappa shape index (κ2) is 18.9. The minimum absolute atomic E-state index is 0.0361. The monoisotopic (exact) mass is 1080 g/mol. The van der Waals surface area contributed by atoms with Gasteiger partial charge in [-0.05, 0) is 60.0 Å². The van der Waals surface area contributed by atoms with Gasteiger partial charge in [0.1, 0.15) is 32.5 Å². The molecule has 0 heterocycles. The summed E-state index contributed by atoms with van der Waals surface area (Å²) >= 11 is 0. The molecule has 5 aromatic rings. The molecule has 5 aromatic carbocycles. The number of hydrogen-bond donors (Lipinski definition) is 7. The van der Waals surface area contributed by atoms with Gasteiger partial charge in [-0.25, -0.2) is 25.2 Å². The van der Waals surface area contributed by atoms with Crippen molar-refractivity contribution in [3.8, 4) is 11.5 Å². The van der Waals surface area contributed by atoms with Crippen LogP contribution in [0.1, 0.15) is 0 Å². The lowest BCUT2D eigenvalue weighted by molar-refractivity contribution is 0.282. The fourth-order valence-corrected chi connectivity index (χ4v) is 11.2. The molecule has 0 spiro atoms. The molecule has 364 valence electrons. The Morgan fingerprint density at radius 2 is 1.07 bits per heavy atom. The van der Waals surface area contributed by atoms with Crippen molar-refractivity contribution >= 4 is 121 Å². The summed E-state index contributed by atoms with van der Waals surface area (Å²) in [4.78, 5) is -5.00. The first-order valence-corrected chi connectivity index (χ1v) is 27.8. The summed E-state index contributed by atoms with van der Waals surface area (Å²) in [5.74, 6) is -3.88. The van der Waals surface area contributed by atoms with Gasteiger partial charge in [0.05, 0.1) is 52.2 Å². The molecule has 0 aliphatic heterocycles. The zero-order valence-electron chi connectivity index (χ0n) is 33.4. The van der Waals surface area contributed by atoms with Gasteiger partial charge in [0, 0.05) is 23.2 Å². The maximum Gasteiger partial charge on any atom is 0.397 e. The van der Waals surface area contributed by atoms with E-state index in [1.54, 1.807) is 0 Å². The van der Waals surface area contributed by atoms with Gasteiger partial charge in [-0.2, -0.15) is 42.1 Å². The minimum atomic E-state index is -5.38. The smallest absolute Gasteiger partial charge is 0.397 e. The molecule has 0 fully saturated rings. The summed E-state index contributed by atoms with van der Waals surface area (Å²) in [5, 5.41) is 28.2. The lowest BCUT2D eigenvalue weighted by Crippen LogP contribution is -2.16. The van der Waals surface area contributed by atoms with E-state index in [1.807, 2.05) is 0 Å². The van der Waals surface area contributed by atoms with E-state index in [-0.39, 0.29) is 27.5 Å². The van der Waals surface area contributed by atoms with Crippen LogP contribution in [0.4, 0.5) is 28.4 Å². The Hall–Kier alpha value is -5.41. The number of azo groups is 2. The Morgan fingerprint density at radius 3 is 1.61 bits per heavy atom. The summed E-state index contributed by atoms with van der Waals surface area (Å²) < 4.78 is 232. The van der Waals surface area contributed by atoms with Crippen molar-refractivity contribution < 1.29 is 99.9 Å². The van der Waals surface area contributed by atoms with Crippen LogP contribution >= 0.6 is 0 Å². The predicted octanol–water partition coefficient (Wildman–Crippen LogP) is 3.51. The van der Waals surface area contributed by atoms with Crippen LogP contribution < -0.4 is 10.1 Å². The topological polar surface area (TPSA) is 450 Å². The summed E-state index contributed by atoms with van der Waals surface area (Å²) in [6.07, 6.45) is 0. The first-order valence-electron chi connectivity index (χ1n) is 17.4.